The fourth-order valence-corrected chi connectivity index (χ4v) is 3.55. The fourth-order valence-electron chi connectivity index (χ4n) is 2.79. The van der Waals surface area contributed by atoms with Crippen LogP contribution in [0.2, 0.25) is 0 Å². The van der Waals surface area contributed by atoms with Crippen molar-refractivity contribution in [1.29, 1.82) is 0 Å². The lowest BCUT2D eigenvalue weighted by Crippen LogP contribution is -2.15. The number of rotatable bonds is 4. The molecule has 4 aromatic rings. The van der Waals surface area contributed by atoms with E-state index in [1.807, 2.05) is 29.6 Å². The number of nitrogens with zero attached hydrogens (tertiary/aromatic N) is 4. The molecule has 128 valence electrons. The van der Waals surface area contributed by atoms with Gasteiger partial charge in [0.25, 0.3) is 5.91 Å². The van der Waals surface area contributed by atoms with Gasteiger partial charge in [0.15, 0.2) is 17.9 Å². The van der Waals surface area contributed by atoms with E-state index in [4.69, 9.17) is 4.42 Å². The first-order valence-corrected chi connectivity index (χ1v) is 9.09. The van der Waals surface area contributed by atoms with Gasteiger partial charge in [-0.1, -0.05) is 6.07 Å². The largest absolute Gasteiger partial charge is 0.447 e. The maximum atomic E-state index is 12.7. The lowest BCUT2D eigenvalue weighted by atomic mass is 10.2. The molecule has 0 radical (unpaired) electrons. The molecule has 1 amide bonds. The van der Waals surface area contributed by atoms with Crippen molar-refractivity contribution in [3.8, 4) is 11.5 Å². The minimum atomic E-state index is -0.321. The van der Waals surface area contributed by atoms with E-state index in [2.05, 4.69) is 25.3 Å². The average Bonchev–Trinajstić information content (AvgIpc) is 3.20. The summed E-state index contributed by atoms with van der Waals surface area (Å²) in [5.41, 5.74) is 0.979. The van der Waals surface area contributed by atoms with Crippen molar-refractivity contribution in [1.82, 2.24) is 19.9 Å². The molecule has 1 aliphatic carbocycles. The van der Waals surface area contributed by atoms with Crippen LogP contribution in [0.1, 0.15) is 35.0 Å². The normalized spacial score (nSPS) is 13.8. The van der Waals surface area contributed by atoms with Gasteiger partial charge in [-0.15, -0.1) is 11.3 Å². The molecule has 0 spiro atoms. The SMILES string of the molecule is O=C(Nc1nc(-c2ccccn2)nc2sccc12)c1ncoc1C1CC1. The number of amides is 1. The number of carbonyl (C=O) groups is 1. The van der Waals surface area contributed by atoms with Crippen LogP contribution < -0.4 is 5.32 Å². The lowest BCUT2D eigenvalue weighted by Gasteiger charge is -2.07. The van der Waals surface area contributed by atoms with Crippen LogP contribution in [0.15, 0.2) is 46.7 Å². The van der Waals surface area contributed by atoms with Gasteiger partial charge in [-0.2, -0.15) is 0 Å². The fraction of sp³-hybridized carbons (Fsp3) is 0.167. The van der Waals surface area contributed by atoms with E-state index in [-0.39, 0.29) is 5.91 Å². The van der Waals surface area contributed by atoms with Gasteiger partial charge in [0.1, 0.15) is 22.1 Å². The predicted molar refractivity (Wildman–Crippen MR) is 97.1 cm³/mol. The summed E-state index contributed by atoms with van der Waals surface area (Å²) < 4.78 is 5.40. The summed E-state index contributed by atoms with van der Waals surface area (Å²) in [6, 6.07) is 7.44. The van der Waals surface area contributed by atoms with Crippen molar-refractivity contribution in [3.63, 3.8) is 0 Å². The second kappa shape index (κ2) is 5.99. The first-order valence-electron chi connectivity index (χ1n) is 8.21. The van der Waals surface area contributed by atoms with Gasteiger partial charge in [0.2, 0.25) is 0 Å². The standard InChI is InChI=1S/C18H13N5O2S/c24-17(13-14(10-4-5-10)25-9-20-13)22-15-11-6-8-26-18(11)23-16(21-15)12-3-1-2-7-19-12/h1-3,6-10H,4-5H2,(H,21,22,23,24). The van der Waals surface area contributed by atoms with Crippen LogP contribution in [0.25, 0.3) is 21.7 Å². The average molecular weight is 363 g/mol. The number of hydrogen-bond donors (Lipinski definition) is 1. The molecule has 1 saturated carbocycles. The first-order chi connectivity index (χ1) is 12.8. The zero-order chi connectivity index (χ0) is 17.5. The summed E-state index contributed by atoms with van der Waals surface area (Å²) in [5, 5.41) is 5.58. The molecule has 0 saturated heterocycles. The second-order valence-electron chi connectivity index (χ2n) is 6.04. The van der Waals surface area contributed by atoms with Gasteiger partial charge >= 0.3 is 0 Å². The van der Waals surface area contributed by atoms with Crippen molar-refractivity contribution in [2.24, 2.45) is 0 Å². The Kier molecular flexibility index (Phi) is 3.49. The molecule has 4 heterocycles. The molecule has 1 fully saturated rings. The van der Waals surface area contributed by atoms with Crippen LogP contribution in [0, 0.1) is 0 Å². The summed E-state index contributed by atoms with van der Waals surface area (Å²) >= 11 is 1.49. The number of fused-ring (bicyclic) bond motifs is 1. The summed E-state index contributed by atoms with van der Waals surface area (Å²) in [7, 11) is 0. The lowest BCUT2D eigenvalue weighted by molar-refractivity contribution is 0.102. The molecule has 0 aromatic carbocycles. The van der Waals surface area contributed by atoms with E-state index in [9.17, 15) is 4.79 Å². The second-order valence-corrected chi connectivity index (χ2v) is 6.94. The molecular weight excluding hydrogens is 350 g/mol. The number of pyridine rings is 1. The molecule has 0 bridgehead atoms. The Morgan fingerprint density at radius 1 is 1.19 bits per heavy atom. The first kappa shape index (κ1) is 15.2. The Morgan fingerprint density at radius 3 is 2.92 bits per heavy atom. The Morgan fingerprint density at radius 2 is 2.12 bits per heavy atom. The van der Waals surface area contributed by atoms with Gasteiger partial charge in [0, 0.05) is 12.1 Å². The maximum Gasteiger partial charge on any atom is 0.279 e. The number of thiophene rings is 1. The Balaban J connectivity index is 1.54. The Labute approximate surface area is 152 Å². The molecule has 1 N–H and O–H groups in total. The van der Waals surface area contributed by atoms with Gasteiger partial charge < -0.3 is 9.73 Å². The van der Waals surface area contributed by atoms with Crippen LogP contribution in [0.4, 0.5) is 5.82 Å². The summed E-state index contributed by atoms with van der Waals surface area (Å²) in [6.45, 7) is 0. The van der Waals surface area contributed by atoms with Crippen LogP contribution in [0.3, 0.4) is 0 Å². The van der Waals surface area contributed by atoms with Crippen molar-refractivity contribution in [2.75, 3.05) is 5.32 Å². The number of hydrogen-bond acceptors (Lipinski definition) is 7. The third kappa shape index (κ3) is 2.64. The molecule has 8 heteroatoms. The summed E-state index contributed by atoms with van der Waals surface area (Å²) in [4.78, 5) is 31.0. The molecule has 0 atom stereocenters. The van der Waals surface area contributed by atoms with Crippen molar-refractivity contribution in [2.45, 2.75) is 18.8 Å². The van der Waals surface area contributed by atoms with Crippen LogP contribution in [-0.4, -0.2) is 25.8 Å². The quantitative estimate of drug-likeness (QED) is 0.591. The highest BCUT2D eigenvalue weighted by molar-refractivity contribution is 7.16. The number of carbonyl (C=O) groups excluding carboxylic acids is 1. The number of anilines is 1. The predicted octanol–water partition coefficient (Wildman–Crippen LogP) is 3.87. The zero-order valence-corrected chi connectivity index (χ0v) is 14.4. The highest BCUT2D eigenvalue weighted by Crippen LogP contribution is 2.41. The van der Waals surface area contributed by atoms with E-state index >= 15 is 0 Å². The number of aromatic nitrogens is 4. The number of nitrogens with one attached hydrogen (secondary N) is 1. The van der Waals surface area contributed by atoms with Gasteiger partial charge in [0.05, 0.1) is 5.39 Å². The van der Waals surface area contributed by atoms with Gasteiger partial charge in [-0.05, 0) is 36.4 Å². The van der Waals surface area contributed by atoms with Crippen molar-refractivity contribution >= 4 is 33.3 Å². The molecule has 4 aromatic heterocycles. The summed E-state index contributed by atoms with van der Waals surface area (Å²) in [6.07, 6.45) is 5.07. The molecule has 0 unspecified atom stereocenters. The van der Waals surface area contributed by atoms with E-state index in [1.165, 1.54) is 17.7 Å². The van der Waals surface area contributed by atoms with Crippen LogP contribution in [0.5, 0.6) is 0 Å². The topological polar surface area (TPSA) is 93.8 Å². The van der Waals surface area contributed by atoms with E-state index < -0.39 is 0 Å². The van der Waals surface area contributed by atoms with Crippen molar-refractivity contribution < 1.29 is 9.21 Å². The molecular formula is C18H13N5O2S. The highest BCUT2D eigenvalue weighted by atomic mass is 32.1. The molecule has 1 aliphatic rings. The third-order valence-electron chi connectivity index (χ3n) is 4.21. The van der Waals surface area contributed by atoms with E-state index in [1.54, 1.807) is 6.20 Å². The van der Waals surface area contributed by atoms with Crippen LogP contribution >= 0.6 is 11.3 Å². The summed E-state index contributed by atoms with van der Waals surface area (Å²) in [5.74, 6) is 1.56. The highest BCUT2D eigenvalue weighted by Gasteiger charge is 2.32. The van der Waals surface area contributed by atoms with E-state index in [0.29, 0.717) is 34.7 Å². The minimum Gasteiger partial charge on any atom is -0.447 e. The van der Waals surface area contributed by atoms with Gasteiger partial charge in [-0.25, -0.2) is 15.0 Å². The zero-order valence-electron chi connectivity index (χ0n) is 13.5. The smallest absolute Gasteiger partial charge is 0.279 e. The van der Waals surface area contributed by atoms with Crippen LogP contribution in [-0.2, 0) is 0 Å². The molecule has 0 aliphatic heterocycles. The maximum absolute atomic E-state index is 12.7. The third-order valence-corrected chi connectivity index (χ3v) is 5.02. The molecule has 7 nitrogen and oxygen atoms in total. The number of oxazole rings is 1. The van der Waals surface area contributed by atoms with Gasteiger partial charge in [-0.3, -0.25) is 9.78 Å². The minimum absolute atomic E-state index is 0.300. The Bertz CT molecular complexity index is 1100. The molecule has 26 heavy (non-hydrogen) atoms. The van der Waals surface area contributed by atoms with Crippen molar-refractivity contribution in [3.05, 3.63) is 53.7 Å². The van der Waals surface area contributed by atoms with E-state index in [0.717, 1.165) is 23.1 Å². The monoisotopic (exact) mass is 363 g/mol. The Hall–Kier alpha value is -3.13. The molecule has 5 rings (SSSR count).